The molecule has 0 atom stereocenters. The number of hydrogen-bond acceptors (Lipinski definition) is 4. The summed E-state index contributed by atoms with van der Waals surface area (Å²) in [6.07, 6.45) is 1.93. The molecule has 1 aliphatic rings. The van der Waals surface area contributed by atoms with Crippen molar-refractivity contribution < 1.29 is 14.4 Å². The van der Waals surface area contributed by atoms with Crippen molar-refractivity contribution in [3.05, 3.63) is 108 Å². The summed E-state index contributed by atoms with van der Waals surface area (Å²) < 4.78 is 1.79. The van der Waals surface area contributed by atoms with Crippen LogP contribution in [0.3, 0.4) is 0 Å². The van der Waals surface area contributed by atoms with Gasteiger partial charge in [-0.1, -0.05) is 60.7 Å². The summed E-state index contributed by atoms with van der Waals surface area (Å²) >= 11 is 0. The van der Waals surface area contributed by atoms with Gasteiger partial charge in [-0.3, -0.25) is 19.3 Å². The molecule has 1 aliphatic heterocycles. The predicted octanol–water partition coefficient (Wildman–Crippen LogP) is 3.84. The lowest BCUT2D eigenvalue weighted by molar-refractivity contribution is -0.121. The van der Waals surface area contributed by atoms with Crippen LogP contribution >= 0.6 is 0 Å². The van der Waals surface area contributed by atoms with Crippen molar-refractivity contribution in [3.8, 4) is 16.9 Å². The lowest BCUT2D eigenvalue weighted by Gasteiger charge is -2.13. The van der Waals surface area contributed by atoms with Gasteiger partial charge in [-0.05, 0) is 24.3 Å². The SMILES string of the molecule is O=C(CCN1C(=O)c2ccccc2C1=O)NCc1cn(-c2ccccc2)nc1-c1ccccc1. The largest absolute Gasteiger partial charge is 0.352 e. The molecule has 0 saturated heterocycles. The highest BCUT2D eigenvalue weighted by molar-refractivity contribution is 6.21. The Morgan fingerprint density at radius 1 is 0.794 bits per heavy atom. The maximum atomic E-state index is 12.6. The normalized spacial score (nSPS) is 12.6. The smallest absolute Gasteiger partial charge is 0.261 e. The van der Waals surface area contributed by atoms with E-state index in [-0.39, 0.29) is 37.2 Å². The number of nitrogens with one attached hydrogen (secondary N) is 1. The Hall–Kier alpha value is -4.52. The second kappa shape index (κ2) is 9.15. The number of nitrogens with zero attached hydrogens (tertiary/aromatic N) is 3. The second-order valence-electron chi connectivity index (χ2n) is 7.98. The number of fused-ring (bicyclic) bond motifs is 1. The first kappa shape index (κ1) is 21.3. The van der Waals surface area contributed by atoms with Gasteiger partial charge in [0.1, 0.15) is 0 Å². The van der Waals surface area contributed by atoms with Crippen molar-refractivity contribution in [1.29, 1.82) is 0 Å². The van der Waals surface area contributed by atoms with Crippen molar-refractivity contribution in [2.75, 3.05) is 6.54 Å². The van der Waals surface area contributed by atoms with Gasteiger partial charge in [0, 0.05) is 36.8 Å². The molecule has 3 amide bonds. The highest BCUT2D eigenvalue weighted by atomic mass is 16.2. The Bertz CT molecular complexity index is 1330. The zero-order valence-electron chi connectivity index (χ0n) is 18.3. The van der Waals surface area contributed by atoms with Crippen LogP contribution in [0.5, 0.6) is 0 Å². The predicted molar refractivity (Wildman–Crippen MR) is 127 cm³/mol. The van der Waals surface area contributed by atoms with E-state index < -0.39 is 0 Å². The summed E-state index contributed by atoms with van der Waals surface area (Å²) in [7, 11) is 0. The first-order valence-electron chi connectivity index (χ1n) is 11.0. The van der Waals surface area contributed by atoms with Gasteiger partial charge in [0.15, 0.2) is 0 Å². The number of amides is 3. The van der Waals surface area contributed by atoms with E-state index in [1.54, 1.807) is 28.9 Å². The number of benzene rings is 3. The van der Waals surface area contributed by atoms with Crippen LogP contribution in [-0.4, -0.2) is 38.9 Å². The third-order valence-electron chi connectivity index (χ3n) is 5.77. The average molecular weight is 450 g/mol. The third-order valence-corrected chi connectivity index (χ3v) is 5.77. The highest BCUT2D eigenvalue weighted by Crippen LogP contribution is 2.24. The van der Waals surface area contributed by atoms with E-state index in [2.05, 4.69) is 5.32 Å². The molecule has 7 nitrogen and oxygen atoms in total. The molecule has 0 aliphatic carbocycles. The van der Waals surface area contributed by atoms with E-state index in [1.807, 2.05) is 66.9 Å². The van der Waals surface area contributed by atoms with Crippen molar-refractivity contribution in [3.63, 3.8) is 0 Å². The van der Waals surface area contributed by atoms with E-state index in [0.717, 1.165) is 27.4 Å². The topological polar surface area (TPSA) is 84.3 Å². The van der Waals surface area contributed by atoms with Crippen LogP contribution in [0.15, 0.2) is 91.1 Å². The molecule has 1 N–H and O–H groups in total. The Labute approximate surface area is 196 Å². The van der Waals surface area contributed by atoms with Gasteiger partial charge < -0.3 is 5.32 Å². The Morgan fingerprint density at radius 3 is 2.03 bits per heavy atom. The van der Waals surface area contributed by atoms with Crippen molar-refractivity contribution in [2.45, 2.75) is 13.0 Å². The molecule has 2 heterocycles. The first-order chi connectivity index (χ1) is 16.6. The minimum Gasteiger partial charge on any atom is -0.352 e. The van der Waals surface area contributed by atoms with Gasteiger partial charge in [0.05, 0.1) is 22.5 Å². The fourth-order valence-electron chi connectivity index (χ4n) is 4.03. The summed E-state index contributed by atoms with van der Waals surface area (Å²) in [6.45, 7) is 0.311. The lowest BCUT2D eigenvalue weighted by Crippen LogP contribution is -2.34. The van der Waals surface area contributed by atoms with Crippen molar-refractivity contribution >= 4 is 17.7 Å². The summed E-state index contributed by atoms with van der Waals surface area (Å²) in [5.41, 5.74) is 4.28. The molecule has 0 radical (unpaired) electrons. The second-order valence-corrected chi connectivity index (χ2v) is 7.98. The van der Waals surface area contributed by atoms with Crippen LogP contribution in [0.4, 0.5) is 0 Å². The van der Waals surface area contributed by atoms with E-state index >= 15 is 0 Å². The van der Waals surface area contributed by atoms with Gasteiger partial charge in [0.25, 0.3) is 11.8 Å². The van der Waals surface area contributed by atoms with E-state index in [1.165, 1.54) is 0 Å². The number of hydrogen-bond donors (Lipinski definition) is 1. The third kappa shape index (κ3) is 4.11. The molecule has 3 aromatic carbocycles. The van der Waals surface area contributed by atoms with Gasteiger partial charge >= 0.3 is 0 Å². The van der Waals surface area contributed by atoms with Gasteiger partial charge in [0.2, 0.25) is 5.91 Å². The number of para-hydroxylation sites is 1. The molecule has 0 unspecified atom stereocenters. The van der Waals surface area contributed by atoms with E-state index in [4.69, 9.17) is 5.10 Å². The monoisotopic (exact) mass is 450 g/mol. The molecule has 5 rings (SSSR count). The number of aromatic nitrogens is 2. The molecule has 168 valence electrons. The standard InChI is InChI=1S/C27H22N4O3/c32-24(15-16-30-26(33)22-13-7-8-14-23(22)27(30)34)28-17-20-18-31(21-11-5-2-6-12-21)29-25(20)19-9-3-1-4-10-19/h1-14,18H,15-17H2,(H,28,32). The minimum absolute atomic E-state index is 0.0267. The Balaban J connectivity index is 1.27. The van der Waals surface area contributed by atoms with Crippen LogP contribution in [0.1, 0.15) is 32.7 Å². The molecule has 0 fully saturated rings. The van der Waals surface area contributed by atoms with Crippen molar-refractivity contribution in [1.82, 2.24) is 20.0 Å². The maximum absolute atomic E-state index is 12.6. The maximum Gasteiger partial charge on any atom is 0.261 e. The van der Waals surface area contributed by atoms with Crippen LogP contribution in [0.25, 0.3) is 16.9 Å². The summed E-state index contributed by atoms with van der Waals surface area (Å²) in [4.78, 5) is 38.7. The molecule has 1 aromatic heterocycles. The highest BCUT2D eigenvalue weighted by Gasteiger charge is 2.34. The summed E-state index contributed by atoms with van der Waals surface area (Å²) in [6, 6.07) is 26.3. The van der Waals surface area contributed by atoms with Crippen LogP contribution in [0.2, 0.25) is 0 Å². The molecule has 34 heavy (non-hydrogen) atoms. The van der Waals surface area contributed by atoms with E-state index in [9.17, 15) is 14.4 Å². The van der Waals surface area contributed by atoms with E-state index in [0.29, 0.717) is 11.1 Å². The molecule has 4 aromatic rings. The molecule has 0 bridgehead atoms. The molecular weight excluding hydrogens is 428 g/mol. The molecule has 0 spiro atoms. The summed E-state index contributed by atoms with van der Waals surface area (Å²) in [5.74, 6) is -0.962. The average Bonchev–Trinajstić information content (AvgIpc) is 3.42. The fraction of sp³-hybridized carbons (Fsp3) is 0.111. The summed E-state index contributed by atoms with van der Waals surface area (Å²) in [5, 5.41) is 7.66. The minimum atomic E-state index is -0.357. The van der Waals surface area contributed by atoms with Gasteiger partial charge in [-0.2, -0.15) is 5.10 Å². The van der Waals surface area contributed by atoms with Crippen LogP contribution < -0.4 is 5.32 Å². The van der Waals surface area contributed by atoms with Gasteiger partial charge in [-0.25, -0.2) is 4.68 Å². The Morgan fingerprint density at radius 2 is 1.38 bits per heavy atom. The quantitative estimate of drug-likeness (QED) is 0.434. The fourth-order valence-corrected chi connectivity index (χ4v) is 4.03. The zero-order valence-corrected chi connectivity index (χ0v) is 18.3. The first-order valence-corrected chi connectivity index (χ1v) is 11.0. The van der Waals surface area contributed by atoms with Crippen molar-refractivity contribution in [2.24, 2.45) is 0 Å². The lowest BCUT2D eigenvalue weighted by atomic mass is 10.1. The number of carbonyl (C=O) groups is 3. The Kier molecular flexibility index (Phi) is 5.74. The zero-order chi connectivity index (χ0) is 23.5. The number of rotatable bonds is 7. The van der Waals surface area contributed by atoms with Crippen LogP contribution in [0, 0.1) is 0 Å². The molecule has 0 saturated carbocycles. The number of carbonyl (C=O) groups excluding carboxylic acids is 3. The van der Waals surface area contributed by atoms with Crippen LogP contribution in [-0.2, 0) is 11.3 Å². The molecular formula is C27H22N4O3. The van der Waals surface area contributed by atoms with Gasteiger partial charge in [-0.15, -0.1) is 0 Å². The molecule has 7 heteroatoms. The number of imide groups is 1.